The molecule has 1 aliphatic carbocycles. The Morgan fingerprint density at radius 2 is 1.81 bits per heavy atom. The van der Waals surface area contributed by atoms with Crippen molar-refractivity contribution in [1.82, 2.24) is 9.80 Å². The SMILES string of the molecule is Cc1ccc2c(c1)C(N1CCCN(C(=O)C3CC3)CC1)=Nc1cc(C(F)(F)F)ccc1O2. The van der Waals surface area contributed by atoms with Gasteiger partial charge in [-0.25, -0.2) is 4.99 Å². The normalized spacial score (nSPS) is 18.7. The molecule has 2 fully saturated rings. The van der Waals surface area contributed by atoms with Crippen molar-refractivity contribution < 1.29 is 22.7 Å². The number of halogens is 3. The fraction of sp³-hybridized carbons (Fsp3) is 0.417. The van der Waals surface area contributed by atoms with E-state index in [0.29, 0.717) is 43.5 Å². The Bertz CT molecular complexity index is 1090. The van der Waals surface area contributed by atoms with Crippen LogP contribution >= 0.6 is 0 Å². The summed E-state index contributed by atoms with van der Waals surface area (Å²) in [5.74, 6) is 1.82. The number of amidine groups is 1. The number of carbonyl (C=O) groups excluding carboxylic acids is 1. The number of benzene rings is 2. The van der Waals surface area contributed by atoms with Gasteiger partial charge in [-0.15, -0.1) is 0 Å². The highest BCUT2D eigenvalue weighted by Gasteiger charge is 2.35. The van der Waals surface area contributed by atoms with Gasteiger partial charge in [0.2, 0.25) is 5.91 Å². The molecule has 1 saturated heterocycles. The van der Waals surface area contributed by atoms with Crippen molar-refractivity contribution in [3.8, 4) is 11.5 Å². The maximum atomic E-state index is 13.3. The number of amides is 1. The third-order valence-electron chi connectivity index (χ3n) is 6.14. The average molecular weight is 443 g/mol. The summed E-state index contributed by atoms with van der Waals surface area (Å²) >= 11 is 0. The Hall–Kier alpha value is -3.03. The maximum Gasteiger partial charge on any atom is 0.416 e. The van der Waals surface area contributed by atoms with Gasteiger partial charge < -0.3 is 14.5 Å². The first kappa shape index (κ1) is 20.8. The predicted octanol–water partition coefficient (Wildman–Crippen LogP) is 5.14. The second-order valence-electron chi connectivity index (χ2n) is 8.66. The molecule has 3 aliphatic rings. The summed E-state index contributed by atoms with van der Waals surface area (Å²) in [6.07, 6.45) is -1.76. The van der Waals surface area contributed by atoms with E-state index >= 15 is 0 Å². The molecule has 0 unspecified atom stereocenters. The Balaban J connectivity index is 1.53. The molecule has 0 aromatic heterocycles. The lowest BCUT2D eigenvalue weighted by molar-refractivity contribution is -0.137. The van der Waals surface area contributed by atoms with Gasteiger partial charge in [-0.2, -0.15) is 13.2 Å². The van der Waals surface area contributed by atoms with Crippen LogP contribution in [0.15, 0.2) is 41.4 Å². The van der Waals surface area contributed by atoms with Crippen molar-refractivity contribution in [3.63, 3.8) is 0 Å². The van der Waals surface area contributed by atoms with E-state index < -0.39 is 11.7 Å². The van der Waals surface area contributed by atoms with Gasteiger partial charge in [-0.05, 0) is 56.5 Å². The third-order valence-corrected chi connectivity index (χ3v) is 6.14. The van der Waals surface area contributed by atoms with Gasteiger partial charge in [0.25, 0.3) is 0 Å². The number of nitrogens with zero attached hydrogens (tertiary/aromatic N) is 3. The summed E-state index contributed by atoms with van der Waals surface area (Å²) in [4.78, 5) is 21.2. The summed E-state index contributed by atoms with van der Waals surface area (Å²) in [7, 11) is 0. The highest BCUT2D eigenvalue weighted by molar-refractivity contribution is 6.04. The number of ether oxygens (including phenoxy) is 1. The molecule has 8 heteroatoms. The standard InChI is InChI=1S/C24H24F3N3O2/c1-15-3-7-20-18(13-15)22(28-19-14-17(24(25,26)27)6-8-21(19)32-20)29-9-2-10-30(12-11-29)23(31)16-4-5-16/h3,6-8,13-14,16H,2,4-5,9-12H2,1H3. The highest BCUT2D eigenvalue weighted by Crippen LogP contribution is 2.42. The van der Waals surface area contributed by atoms with E-state index in [0.717, 1.165) is 42.5 Å². The van der Waals surface area contributed by atoms with E-state index in [1.165, 1.54) is 6.07 Å². The van der Waals surface area contributed by atoms with E-state index in [4.69, 9.17) is 9.73 Å². The first-order valence-corrected chi connectivity index (χ1v) is 10.9. The smallest absolute Gasteiger partial charge is 0.416 e. The van der Waals surface area contributed by atoms with E-state index in [1.807, 2.05) is 30.0 Å². The number of fused-ring (bicyclic) bond motifs is 2. The van der Waals surface area contributed by atoms with Crippen LogP contribution in [-0.4, -0.2) is 47.7 Å². The summed E-state index contributed by atoms with van der Waals surface area (Å²) in [6, 6.07) is 9.06. The Morgan fingerprint density at radius 3 is 2.56 bits per heavy atom. The van der Waals surface area contributed by atoms with E-state index in [9.17, 15) is 18.0 Å². The molecule has 2 aromatic carbocycles. The molecule has 0 spiro atoms. The molecule has 5 rings (SSSR count). The van der Waals surface area contributed by atoms with Gasteiger partial charge in [-0.3, -0.25) is 4.79 Å². The van der Waals surface area contributed by atoms with Crippen LogP contribution in [-0.2, 0) is 11.0 Å². The predicted molar refractivity (Wildman–Crippen MR) is 114 cm³/mol. The van der Waals surface area contributed by atoms with Crippen molar-refractivity contribution >= 4 is 17.4 Å². The molecule has 2 aromatic rings. The number of hydrogen-bond acceptors (Lipinski definition) is 4. The lowest BCUT2D eigenvalue weighted by atomic mass is 10.1. The van der Waals surface area contributed by atoms with Crippen LogP contribution in [0.25, 0.3) is 0 Å². The zero-order valence-electron chi connectivity index (χ0n) is 17.8. The molecule has 5 nitrogen and oxygen atoms in total. The molecular formula is C24H24F3N3O2. The molecular weight excluding hydrogens is 419 g/mol. The fourth-order valence-corrected chi connectivity index (χ4v) is 4.25. The fourth-order valence-electron chi connectivity index (χ4n) is 4.25. The third kappa shape index (κ3) is 4.06. The van der Waals surface area contributed by atoms with Crippen LogP contribution in [0.2, 0.25) is 0 Å². The number of hydrogen-bond donors (Lipinski definition) is 0. The Kier molecular flexibility index (Phi) is 5.10. The molecule has 0 bridgehead atoms. The molecule has 168 valence electrons. The van der Waals surface area contributed by atoms with Gasteiger partial charge in [0.15, 0.2) is 5.75 Å². The van der Waals surface area contributed by atoms with Gasteiger partial charge in [0.1, 0.15) is 17.3 Å². The summed E-state index contributed by atoms with van der Waals surface area (Å²) in [6.45, 7) is 4.45. The quantitative estimate of drug-likeness (QED) is 0.613. The highest BCUT2D eigenvalue weighted by atomic mass is 19.4. The largest absolute Gasteiger partial charge is 0.454 e. The Morgan fingerprint density at radius 1 is 1.03 bits per heavy atom. The van der Waals surface area contributed by atoms with Crippen molar-refractivity contribution in [2.45, 2.75) is 32.4 Å². The lowest BCUT2D eigenvalue weighted by Crippen LogP contribution is -2.38. The number of rotatable bonds is 1. The maximum absolute atomic E-state index is 13.3. The number of carbonyl (C=O) groups is 1. The van der Waals surface area contributed by atoms with Crippen LogP contribution in [0, 0.1) is 12.8 Å². The van der Waals surface area contributed by atoms with Crippen molar-refractivity contribution in [3.05, 3.63) is 53.1 Å². The van der Waals surface area contributed by atoms with Crippen LogP contribution in [0.3, 0.4) is 0 Å². The summed E-state index contributed by atoms with van der Waals surface area (Å²) in [5, 5.41) is 0. The van der Waals surface area contributed by atoms with E-state index in [-0.39, 0.29) is 17.5 Å². The monoisotopic (exact) mass is 443 g/mol. The first-order valence-electron chi connectivity index (χ1n) is 10.9. The van der Waals surface area contributed by atoms with Gasteiger partial charge in [0.05, 0.1) is 11.1 Å². The summed E-state index contributed by atoms with van der Waals surface area (Å²) < 4.78 is 46.0. The molecule has 0 atom stereocenters. The average Bonchev–Trinajstić information content (AvgIpc) is 3.60. The van der Waals surface area contributed by atoms with E-state index in [2.05, 4.69) is 4.90 Å². The zero-order valence-corrected chi connectivity index (χ0v) is 17.8. The number of alkyl halides is 3. The number of aliphatic imine (C=N–C) groups is 1. The number of aryl methyl sites for hydroxylation is 1. The molecule has 2 heterocycles. The molecule has 2 aliphatic heterocycles. The molecule has 1 saturated carbocycles. The van der Waals surface area contributed by atoms with Crippen molar-refractivity contribution in [2.24, 2.45) is 10.9 Å². The van der Waals surface area contributed by atoms with E-state index in [1.54, 1.807) is 0 Å². The minimum atomic E-state index is -4.47. The second-order valence-corrected chi connectivity index (χ2v) is 8.66. The van der Waals surface area contributed by atoms with Crippen LogP contribution in [0.1, 0.15) is 36.0 Å². The van der Waals surface area contributed by atoms with Gasteiger partial charge in [-0.1, -0.05) is 11.6 Å². The first-order chi connectivity index (χ1) is 15.3. The molecule has 0 N–H and O–H groups in total. The van der Waals surface area contributed by atoms with Crippen molar-refractivity contribution in [2.75, 3.05) is 26.2 Å². The van der Waals surface area contributed by atoms with Gasteiger partial charge in [0, 0.05) is 32.1 Å². The molecule has 0 radical (unpaired) electrons. The molecule has 32 heavy (non-hydrogen) atoms. The lowest BCUT2D eigenvalue weighted by Gasteiger charge is -2.25. The van der Waals surface area contributed by atoms with Crippen molar-refractivity contribution in [1.29, 1.82) is 0 Å². The van der Waals surface area contributed by atoms with Crippen LogP contribution in [0.5, 0.6) is 11.5 Å². The minimum Gasteiger partial charge on any atom is -0.454 e. The second kappa shape index (κ2) is 7.83. The zero-order chi connectivity index (χ0) is 22.5. The summed E-state index contributed by atoms with van der Waals surface area (Å²) in [5.41, 5.74) is 1.14. The Labute approximate surface area is 184 Å². The van der Waals surface area contributed by atoms with Crippen LogP contribution in [0.4, 0.5) is 18.9 Å². The van der Waals surface area contributed by atoms with Gasteiger partial charge >= 0.3 is 6.18 Å². The van der Waals surface area contributed by atoms with Crippen LogP contribution < -0.4 is 4.74 Å². The minimum absolute atomic E-state index is 0.152. The molecule has 1 amide bonds. The topological polar surface area (TPSA) is 45.1 Å².